The maximum absolute atomic E-state index is 13.4. The van der Waals surface area contributed by atoms with Gasteiger partial charge in [0, 0.05) is 14.1 Å². The number of carbonyl (C=O) groups is 1. The predicted molar refractivity (Wildman–Crippen MR) is 90.9 cm³/mol. The van der Waals surface area contributed by atoms with E-state index in [1.807, 2.05) is 0 Å². The summed E-state index contributed by atoms with van der Waals surface area (Å²) in [5.41, 5.74) is -0.386. The topological polar surface area (TPSA) is 41.6 Å². The van der Waals surface area contributed by atoms with E-state index in [-0.39, 0.29) is 24.5 Å². The zero-order chi connectivity index (χ0) is 19.3. The van der Waals surface area contributed by atoms with Crippen molar-refractivity contribution >= 4 is 17.3 Å². The molecule has 0 aliphatic carbocycles. The van der Waals surface area contributed by atoms with E-state index >= 15 is 0 Å². The quantitative estimate of drug-likeness (QED) is 0.770. The van der Waals surface area contributed by atoms with Gasteiger partial charge in [0.25, 0.3) is 0 Å². The summed E-state index contributed by atoms with van der Waals surface area (Å²) in [6.07, 6.45) is -4.66. The number of nitrogens with zero attached hydrogens (tertiary/aromatic N) is 1. The number of rotatable bonds is 6. The molecule has 0 aliphatic rings. The second-order valence-electron chi connectivity index (χ2n) is 5.70. The first-order valence-corrected chi connectivity index (χ1v) is 7.74. The molecule has 2 aromatic rings. The van der Waals surface area contributed by atoms with Gasteiger partial charge in [-0.05, 0) is 30.3 Å². The molecule has 0 atom stereocenters. The van der Waals surface area contributed by atoms with Crippen LogP contribution in [0, 0.1) is 5.82 Å². The Morgan fingerprint density at radius 1 is 1.15 bits per heavy atom. The number of ether oxygens (including phenoxy) is 1. The van der Waals surface area contributed by atoms with Crippen LogP contribution in [-0.2, 0) is 11.0 Å². The molecule has 0 aromatic heterocycles. The lowest BCUT2D eigenvalue weighted by Crippen LogP contribution is -2.19. The van der Waals surface area contributed by atoms with Gasteiger partial charge < -0.3 is 15.0 Å². The minimum atomic E-state index is -4.52. The summed E-state index contributed by atoms with van der Waals surface area (Å²) in [5.74, 6) is -1.09. The van der Waals surface area contributed by atoms with E-state index in [0.29, 0.717) is 5.69 Å². The van der Waals surface area contributed by atoms with Crippen molar-refractivity contribution in [1.82, 2.24) is 0 Å². The third kappa shape index (κ3) is 5.11. The molecule has 0 saturated heterocycles. The molecule has 0 fully saturated rings. The van der Waals surface area contributed by atoms with Gasteiger partial charge in [0.15, 0.2) is 11.6 Å². The van der Waals surface area contributed by atoms with Crippen LogP contribution < -0.4 is 15.0 Å². The average molecular weight is 370 g/mol. The highest BCUT2D eigenvalue weighted by atomic mass is 19.4. The summed E-state index contributed by atoms with van der Waals surface area (Å²) in [5, 5.41) is 2.45. The number of hydrogen-bond donors (Lipinski definition) is 1. The Bertz CT molecular complexity index is 776. The number of anilines is 2. The molecule has 140 valence electrons. The highest BCUT2D eigenvalue weighted by molar-refractivity contribution is 5.94. The van der Waals surface area contributed by atoms with Crippen LogP contribution in [0.4, 0.5) is 28.9 Å². The van der Waals surface area contributed by atoms with Crippen LogP contribution in [0.2, 0.25) is 0 Å². The summed E-state index contributed by atoms with van der Waals surface area (Å²) in [7, 11) is 3.30. The monoisotopic (exact) mass is 370 g/mol. The van der Waals surface area contributed by atoms with Crippen molar-refractivity contribution in [2.75, 3.05) is 30.9 Å². The van der Waals surface area contributed by atoms with Crippen molar-refractivity contribution in [1.29, 1.82) is 0 Å². The third-order valence-corrected chi connectivity index (χ3v) is 3.50. The van der Waals surface area contributed by atoms with Crippen molar-refractivity contribution in [2.45, 2.75) is 12.6 Å². The van der Waals surface area contributed by atoms with Crippen molar-refractivity contribution in [2.24, 2.45) is 0 Å². The molecule has 1 amide bonds. The van der Waals surface area contributed by atoms with Gasteiger partial charge in [-0.15, -0.1) is 0 Å². The molecule has 0 heterocycles. The van der Waals surface area contributed by atoms with Crippen LogP contribution in [0.3, 0.4) is 0 Å². The van der Waals surface area contributed by atoms with Gasteiger partial charge >= 0.3 is 6.18 Å². The number of benzene rings is 2. The normalized spacial score (nSPS) is 11.2. The molecule has 2 rings (SSSR count). The van der Waals surface area contributed by atoms with Crippen LogP contribution in [-0.4, -0.2) is 26.6 Å². The molecule has 2 aromatic carbocycles. The highest BCUT2D eigenvalue weighted by Crippen LogP contribution is 2.35. The predicted octanol–water partition coefficient (Wildman–Crippen LogP) is 4.32. The molecule has 4 nitrogen and oxygen atoms in total. The molecule has 8 heteroatoms. The summed E-state index contributed by atoms with van der Waals surface area (Å²) in [6.45, 7) is -0.108. The van der Waals surface area contributed by atoms with Crippen LogP contribution in [0.5, 0.6) is 5.75 Å². The van der Waals surface area contributed by atoms with E-state index < -0.39 is 23.5 Å². The minimum Gasteiger partial charge on any atom is -0.490 e. The minimum absolute atomic E-state index is 0.00773. The number of halogens is 4. The lowest BCUT2D eigenvalue weighted by Gasteiger charge is -2.20. The molecular formula is C18H18F4N2O2. The maximum Gasteiger partial charge on any atom is 0.416 e. The zero-order valence-corrected chi connectivity index (χ0v) is 14.2. The van der Waals surface area contributed by atoms with Crippen molar-refractivity contribution in [3.8, 4) is 5.75 Å². The largest absolute Gasteiger partial charge is 0.490 e. The smallest absolute Gasteiger partial charge is 0.416 e. The molecule has 0 unspecified atom stereocenters. The third-order valence-electron chi connectivity index (χ3n) is 3.50. The van der Waals surface area contributed by atoms with Gasteiger partial charge in [0.1, 0.15) is 0 Å². The van der Waals surface area contributed by atoms with E-state index in [9.17, 15) is 22.4 Å². The highest BCUT2D eigenvalue weighted by Gasteiger charge is 2.31. The number of amides is 1. The molecule has 0 spiro atoms. The fourth-order valence-electron chi connectivity index (χ4n) is 2.23. The van der Waals surface area contributed by atoms with E-state index in [1.54, 1.807) is 25.1 Å². The SMILES string of the molecule is CN(C)c1ccc(C(F)(F)F)cc1NC(=O)CCOc1ccccc1F. The number of carbonyl (C=O) groups excluding carboxylic acids is 1. The second-order valence-corrected chi connectivity index (χ2v) is 5.70. The first-order valence-electron chi connectivity index (χ1n) is 7.74. The second kappa shape index (κ2) is 8.07. The Hall–Kier alpha value is -2.77. The fraction of sp³-hybridized carbons (Fsp3) is 0.278. The maximum atomic E-state index is 13.4. The molecule has 0 aliphatic heterocycles. The summed E-state index contributed by atoms with van der Waals surface area (Å²) in [6, 6.07) is 8.85. The number of para-hydroxylation sites is 1. The number of alkyl halides is 3. The lowest BCUT2D eigenvalue weighted by molar-refractivity contribution is -0.137. The Labute approximate surface area is 148 Å². The van der Waals surface area contributed by atoms with Gasteiger partial charge in [-0.2, -0.15) is 13.2 Å². The first kappa shape index (κ1) is 19.6. The van der Waals surface area contributed by atoms with Gasteiger partial charge in [-0.1, -0.05) is 12.1 Å². The van der Waals surface area contributed by atoms with Gasteiger partial charge in [0.2, 0.25) is 5.91 Å². The van der Waals surface area contributed by atoms with Crippen LogP contribution in [0.25, 0.3) is 0 Å². The summed E-state index contributed by atoms with van der Waals surface area (Å²) in [4.78, 5) is 13.6. The van der Waals surface area contributed by atoms with E-state index in [1.165, 1.54) is 24.3 Å². The Balaban J connectivity index is 2.04. The Morgan fingerprint density at radius 2 is 1.85 bits per heavy atom. The van der Waals surface area contributed by atoms with E-state index in [0.717, 1.165) is 12.1 Å². The standard InChI is InChI=1S/C18H18F4N2O2/c1-24(2)15-8-7-12(18(20,21)22)11-14(15)23-17(25)9-10-26-16-6-4-3-5-13(16)19/h3-8,11H,9-10H2,1-2H3,(H,23,25). The molecule has 1 N–H and O–H groups in total. The molecule has 0 radical (unpaired) electrons. The van der Waals surface area contributed by atoms with E-state index in [2.05, 4.69) is 5.32 Å². The molecular weight excluding hydrogens is 352 g/mol. The molecule has 0 saturated carbocycles. The Morgan fingerprint density at radius 3 is 2.46 bits per heavy atom. The molecule has 0 bridgehead atoms. The van der Waals surface area contributed by atoms with Crippen LogP contribution in [0.1, 0.15) is 12.0 Å². The zero-order valence-electron chi connectivity index (χ0n) is 14.2. The van der Waals surface area contributed by atoms with Gasteiger partial charge in [0.05, 0.1) is 30.0 Å². The fourth-order valence-corrected chi connectivity index (χ4v) is 2.23. The van der Waals surface area contributed by atoms with Crippen LogP contribution in [0.15, 0.2) is 42.5 Å². The summed E-state index contributed by atoms with van der Waals surface area (Å²) < 4.78 is 57.2. The van der Waals surface area contributed by atoms with Crippen molar-refractivity contribution in [3.05, 3.63) is 53.8 Å². The van der Waals surface area contributed by atoms with Gasteiger partial charge in [-0.25, -0.2) is 4.39 Å². The lowest BCUT2D eigenvalue weighted by atomic mass is 10.1. The average Bonchev–Trinajstić information content (AvgIpc) is 2.55. The number of hydrogen-bond acceptors (Lipinski definition) is 3. The van der Waals surface area contributed by atoms with Crippen molar-refractivity contribution in [3.63, 3.8) is 0 Å². The first-order chi connectivity index (χ1) is 12.2. The molecule has 26 heavy (non-hydrogen) atoms. The Kier molecular flexibility index (Phi) is 6.07. The van der Waals surface area contributed by atoms with E-state index in [4.69, 9.17) is 4.74 Å². The summed E-state index contributed by atoms with van der Waals surface area (Å²) >= 11 is 0. The van der Waals surface area contributed by atoms with Crippen molar-refractivity contribution < 1.29 is 27.1 Å². The van der Waals surface area contributed by atoms with Crippen LogP contribution >= 0.6 is 0 Å². The van der Waals surface area contributed by atoms with Gasteiger partial charge in [-0.3, -0.25) is 4.79 Å². The number of nitrogens with one attached hydrogen (secondary N) is 1.